The average Bonchev–Trinajstić information content (AvgIpc) is 2.92. The van der Waals surface area contributed by atoms with Gasteiger partial charge < -0.3 is 10.6 Å². The maximum Gasteiger partial charge on any atom is 0.315 e. The maximum atomic E-state index is 11.8. The summed E-state index contributed by atoms with van der Waals surface area (Å²) in [7, 11) is 0. The van der Waals surface area contributed by atoms with Crippen LogP contribution in [-0.2, 0) is 6.42 Å². The van der Waals surface area contributed by atoms with Gasteiger partial charge in [0, 0.05) is 11.4 Å². The highest BCUT2D eigenvalue weighted by molar-refractivity contribution is 7.09. The summed E-state index contributed by atoms with van der Waals surface area (Å²) in [5.74, 6) is 0. The number of nitrogens with one attached hydrogen (secondary N) is 2. The van der Waals surface area contributed by atoms with E-state index in [4.69, 9.17) is 0 Å². The highest BCUT2D eigenvalue weighted by Crippen LogP contribution is 2.16. The lowest BCUT2D eigenvalue weighted by Gasteiger charge is -2.17. The van der Waals surface area contributed by atoms with Crippen LogP contribution in [0.25, 0.3) is 0 Å². The number of urea groups is 1. The fraction of sp³-hybridized carbons (Fsp3) is 0.312. The molecule has 1 heterocycles. The van der Waals surface area contributed by atoms with Crippen LogP contribution in [0.2, 0.25) is 0 Å². The fourth-order valence-corrected chi connectivity index (χ4v) is 2.86. The molecule has 0 saturated carbocycles. The second-order valence-corrected chi connectivity index (χ2v) is 5.84. The predicted octanol–water partition coefficient (Wildman–Crippen LogP) is 3.66. The van der Waals surface area contributed by atoms with Gasteiger partial charge in [-0.3, -0.25) is 0 Å². The van der Waals surface area contributed by atoms with Crippen LogP contribution in [0.1, 0.15) is 29.0 Å². The topological polar surface area (TPSA) is 41.1 Å². The zero-order valence-corrected chi connectivity index (χ0v) is 12.7. The normalized spacial score (nSPS) is 11.9. The third-order valence-electron chi connectivity index (χ3n) is 3.24. The SMILES string of the molecule is Cc1ccccc1C(C)NC(=O)NCCc1cccs1. The molecule has 4 heteroatoms. The lowest BCUT2D eigenvalue weighted by Crippen LogP contribution is -2.38. The molecule has 20 heavy (non-hydrogen) atoms. The van der Waals surface area contributed by atoms with Crippen molar-refractivity contribution in [2.45, 2.75) is 26.3 Å². The molecule has 2 amide bonds. The number of thiophene rings is 1. The Bertz CT molecular complexity index is 551. The molecule has 1 aromatic heterocycles. The van der Waals surface area contributed by atoms with Gasteiger partial charge in [0.05, 0.1) is 6.04 Å². The van der Waals surface area contributed by atoms with Crippen LogP contribution in [0.15, 0.2) is 41.8 Å². The standard InChI is InChI=1S/C16H20N2OS/c1-12-6-3-4-8-15(12)13(2)18-16(19)17-10-9-14-7-5-11-20-14/h3-8,11,13H,9-10H2,1-2H3,(H2,17,18,19). The van der Waals surface area contributed by atoms with Crippen LogP contribution in [-0.4, -0.2) is 12.6 Å². The summed E-state index contributed by atoms with van der Waals surface area (Å²) in [5.41, 5.74) is 2.35. The Morgan fingerprint density at radius 2 is 2.05 bits per heavy atom. The van der Waals surface area contributed by atoms with Crippen molar-refractivity contribution in [3.63, 3.8) is 0 Å². The van der Waals surface area contributed by atoms with Crippen LogP contribution >= 0.6 is 11.3 Å². The van der Waals surface area contributed by atoms with Crippen molar-refractivity contribution < 1.29 is 4.79 Å². The van der Waals surface area contributed by atoms with Gasteiger partial charge >= 0.3 is 6.03 Å². The van der Waals surface area contributed by atoms with E-state index in [0.29, 0.717) is 6.54 Å². The Balaban J connectivity index is 1.78. The molecule has 1 atom stereocenters. The van der Waals surface area contributed by atoms with E-state index in [1.165, 1.54) is 10.4 Å². The summed E-state index contributed by atoms with van der Waals surface area (Å²) in [6.45, 7) is 4.72. The van der Waals surface area contributed by atoms with Crippen LogP contribution in [0.3, 0.4) is 0 Å². The monoisotopic (exact) mass is 288 g/mol. The predicted molar refractivity (Wildman–Crippen MR) is 84.2 cm³/mol. The molecule has 0 aliphatic heterocycles. The van der Waals surface area contributed by atoms with Gasteiger partial charge in [-0.1, -0.05) is 30.3 Å². The molecule has 106 valence electrons. The molecular formula is C16H20N2OS. The molecular weight excluding hydrogens is 268 g/mol. The van der Waals surface area contributed by atoms with Gasteiger partial charge in [0.1, 0.15) is 0 Å². The molecule has 1 aromatic carbocycles. The van der Waals surface area contributed by atoms with Crippen molar-refractivity contribution >= 4 is 17.4 Å². The van der Waals surface area contributed by atoms with Crippen LogP contribution < -0.4 is 10.6 Å². The first-order chi connectivity index (χ1) is 9.66. The molecule has 0 radical (unpaired) electrons. The van der Waals surface area contributed by atoms with Crippen molar-refractivity contribution in [1.82, 2.24) is 10.6 Å². The summed E-state index contributed by atoms with van der Waals surface area (Å²) < 4.78 is 0. The lowest BCUT2D eigenvalue weighted by molar-refractivity contribution is 0.238. The first kappa shape index (κ1) is 14.6. The van der Waals surface area contributed by atoms with E-state index in [9.17, 15) is 4.79 Å². The lowest BCUT2D eigenvalue weighted by atomic mass is 10.0. The number of amides is 2. The number of carbonyl (C=O) groups excluding carboxylic acids is 1. The second kappa shape index (κ2) is 7.10. The number of benzene rings is 1. The Kier molecular flexibility index (Phi) is 5.18. The molecule has 2 N–H and O–H groups in total. The van der Waals surface area contributed by atoms with E-state index >= 15 is 0 Å². The highest BCUT2D eigenvalue weighted by Gasteiger charge is 2.10. The van der Waals surface area contributed by atoms with E-state index in [1.807, 2.05) is 31.2 Å². The Hall–Kier alpha value is -1.81. The van der Waals surface area contributed by atoms with Gasteiger partial charge in [-0.15, -0.1) is 11.3 Å². The maximum absolute atomic E-state index is 11.8. The Morgan fingerprint density at radius 3 is 2.75 bits per heavy atom. The molecule has 0 saturated heterocycles. The quantitative estimate of drug-likeness (QED) is 0.866. The van der Waals surface area contributed by atoms with Gasteiger partial charge in [-0.2, -0.15) is 0 Å². The zero-order valence-electron chi connectivity index (χ0n) is 11.8. The van der Waals surface area contributed by atoms with Crippen molar-refractivity contribution in [2.75, 3.05) is 6.54 Å². The Labute approximate surface area is 124 Å². The van der Waals surface area contributed by atoms with E-state index in [-0.39, 0.29) is 12.1 Å². The molecule has 0 fully saturated rings. The third-order valence-corrected chi connectivity index (χ3v) is 4.18. The van der Waals surface area contributed by atoms with Crippen molar-refractivity contribution in [3.8, 4) is 0 Å². The Morgan fingerprint density at radius 1 is 1.25 bits per heavy atom. The van der Waals surface area contributed by atoms with Gasteiger partial charge in [0.2, 0.25) is 0 Å². The van der Waals surface area contributed by atoms with E-state index < -0.39 is 0 Å². The van der Waals surface area contributed by atoms with Gasteiger partial charge in [0.15, 0.2) is 0 Å². The molecule has 0 aliphatic rings. The zero-order chi connectivity index (χ0) is 14.4. The summed E-state index contributed by atoms with van der Waals surface area (Å²) >= 11 is 1.72. The third kappa shape index (κ3) is 4.10. The minimum absolute atomic E-state index is 0.0120. The van der Waals surface area contributed by atoms with Gasteiger partial charge in [-0.05, 0) is 42.8 Å². The largest absolute Gasteiger partial charge is 0.338 e. The highest BCUT2D eigenvalue weighted by atomic mass is 32.1. The van der Waals surface area contributed by atoms with Crippen molar-refractivity contribution in [1.29, 1.82) is 0 Å². The summed E-state index contributed by atoms with van der Waals surface area (Å²) in [6.07, 6.45) is 0.879. The summed E-state index contributed by atoms with van der Waals surface area (Å²) in [4.78, 5) is 13.1. The van der Waals surface area contributed by atoms with Crippen LogP contribution in [0.5, 0.6) is 0 Å². The minimum atomic E-state index is -0.114. The molecule has 0 aliphatic carbocycles. The number of aryl methyl sites for hydroxylation is 1. The van der Waals surface area contributed by atoms with E-state index in [2.05, 4.69) is 35.1 Å². The van der Waals surface area contributed by atoms with Crippen molar-refractivity contribution in [3.05, 3.63) is 57.8 Å². The first-order valence-corrected chi connectivity index (χ1v) is 7.67. The molecule has 2 aromatic rings. The van der Waals surface area contributed by atoms with Gasteiger partial charge in [0.25, 0.3) is 0 Å². The second-order valence-electron chi connectivity index (χ2n) is 4.81. The number of carbonyl (C=O) groups is 1. The summed E-state index contributed by atoms with van der Waals surface area (Å²) in [5, 5.41) is 7.92. The van der Waals surface area contributed by atoms with Gasteiger partial charge in [-0.25, -0.2) is 4.79 Å². The fourth-order valence-electron chi connectivity index (χ4n) is 2.15. The van der Waals surface area contributed by atoms with Crippen LogP contribution in [0.4, 0.5) is 4.79 Å². The number of hydrogen-bond donors (Lipinski definition) is 2. The number of rotatable bonds is 5. The molecule has 2 rings (SSSR count). The average molecular weight is 288 g/mol. The molecule has 1 unspecified atom stereocenters. The van der Waals surface area contributed by atoms with Crippen molar-refractivity contribution in [2.24, 2.45) is 0 Å². The minimum Gasteiger partial charge on any atom is -0.338 e. The molecule has 3 nitrogen and oxygen atoms in total. The van der Waals surface area contributed by atoms with E-state index in [1.54, 1.807) is 11.3 Å². The molecule has 0 bridgehead atoms. The van der Waals surface area contributed by atoms with Crippen LogP contribution in [0, 0.1) is 6.92 Å². The number of hydrogen-bond acceptors (Lipinski definition) is 2. The summed E-state index contributed by atoms with van der Waals surface area (Å²) in [6, 6.07) is 12.1. The smallest absolute Gasteiger partial charge is 0.315 e. The molecule has 0 spiro atoms. The van der Waals surface area contributed by atoms with E-state index in [0.717, 1.165) is 12.0 Å². The first-order valence-electron chi connectivity index (χ1n) is 6.79.